The molecule has 1 aromatic rings. The molecular weight excluding hydrogens is 272 g/mol. The number of carbonyl (C=O) groups excluding carboxylic acids is 2. The summed E-state index contributed by atoms with van der Waals surface area (Å²) in [5.74, 6) is -0.444. The van der Waals surface area contributed by atoms with Gasteiger partial charge in [-0.1, -0.05) is 12.1 Å². The van der Waals surface area contributed by atoms with Crippen molar-refractivity contribution in [3.05, 3.63) is 35.4 Å². The quantitative estimate of drug-likeness (QED) is 0.681. The van der Waals surface area contributed by atoms with E-state index in [0.29, 0.717) is 25.1 Å². The molecule has 1 unspecified atom stereocenters. The van der Waals surface area contributed by atoms with Crippen LogP contribution < -0.4 is 11.1 Å². The molecule has 21 heavy (non-hydrogen) atoms. The molecule has 0 aliphatic rings. The second-order valence-electron chi connectivity index (χ2n) is 4.59. The van der Waals surface area contributed by atoms with Crippen molar-refractivity contribution in [3.63, 3.8) is 0 Å². The molecule has 0 radical (unpaired) electrons. The fraction of sp³-hybridized carbons (Fsp3) is 0.467. The van der Waals surface area contributed by atoms with Crippen molar-refractivity contribution in [2.45, 2.75) is 18.9 Å². The minimum atomic E-state index is -0.359. The first-order valence-electron chi connectivity index (χ1n) is 6.77. The van der Waals surface area contributed by atoms with Crippen LogP contribution in [0.25, 0.3) is 0 Å². The maximum atomic E-state index is 11.6. The summed E-state index contributed by atoms with van der Waals surface area (Å²) in [6.45, 7) is 0.844. The Bertz CT molecular complexity index is 455. The second-order valence-corrected chi connectivity index (χ2v) is 4.59. The van der Waals surface area contributed by atoms with Gasteiger partial charge in [-0.3, -0.25) is 4.79 Å². The summed E-state index contributed by atoms with van der Waals surface area (Å²) < 4.78 is 9.68. The molecular formula is C15H22N2O4. The van der Waals surface area contributed by atoms with E-state index in [9.17, 15) is 9.59 Å². The van der Waals surface area contributed by atoms with E-state index >= 15 is 0 Å². The molecule has 0 saturated heterocycles. The van der Waals surface area contributed by atoms with E-state index in [1.165, 1.54) is 14.2 Å². The maximum Gasteiger partial charge on any atom is 0.337 e. The smallest absolute Gasteiger partial charge is 0.337 e. The highest BCUT2D eigenvalue weighted by Gasteiger charge is 2.10. The highest BCUT2D eigenvalue weighted by molar-refractivity contribution is 5.89. The summed E-state index contributed by atoms with van der Waals surface area (Å²) in [7, 11) is 2.88. The Labute approximate surface area is 124 Å². The molecule has 1 rings (SSSR count). The number of ether oxygens (including phenoxy) is 2. The number of esters is 1. The molecule has 0 aliphatic heterocycles. The molecule has 3 N–H and O–H groups in total. The van der Waals surface area contributed by atoms with Crippen LogP contribution in [0.2, 0.25) is 0 Å². The Morgan fingerprint density at radius 2 is 1.90 bits per heavy atom. The van der Waals surface area contributed by atoms with Crippen molar-refractivity contribution in [2.75, 3.05) is 27.3 Å². The standard InChI is InChI=1S/C15H22N2O4/c1-20-13(10-16)9-14(18)17-8-7-11-3-5-12(6-4-11)15(19)21-2/h3-6,13H,7-10,16H2,1-2H3,(H,17,18). The highest BCUT2D eigenvalue weighted by Crippen LogP contribution is 2.06. The topological polar surface area (TPSA) is 90.7 Å². The van der Waals surface area contributed by atoms with Gasteiger partial charge in [0.2, 0.25) is 5.91 Å². The van der Waals surface area contributed by atoms with Crippen LogP contribution in [-0.4, -0.2) is 45.3 Å². The predicted octanol–water partition coefficient (Wildman–Crippen LogP) is 0.496. The number of rotatable bonds is 8. The number of hydrogen-bond acceptors (Lipinski definition) is 5. The van der Waals surface area contributed by atoms with Crippen LogP contribution in [0, 0.1) is 0 Å². The molecule has 0 saturated carbocycles. The van der Waals surface area contributed by atoms with Gasteiger partial charge in [-0.15, -0.1) is 0 Å². The lowest BCUT2D eigenvalue weighted by Gasteiger charge is -2.12. The molecule has 1 aromatic carbocycles. The molecule has 1 amide bonds. The van der Waals surface area contributed by atoms with Crippen LogP contribution in [0.3, 0.4) is 0 Å². The van der Waals surface area contributed by atoms with Crippen LogP contribution in [0.15, 0.2) is 24.3 Å². The van der Waals surface area contributed by atoms with Gasteiger partial charge in [0.15, 0.2) is 0 Å². The Morgan fingerprint density at radius 1 is 1.24 bits per heavy atom. The summed E-state index contributed by atoms with van der Waals surface area (Å²) in [6, 6.07) is 7.10. The van der Waals surface area contributed by atoms with E-state index in [-0.39, 0.29) is 24.4 Å². The zero-order chi connectivity index (χ0) is 15.7. The van der Waals surface area contributed by atoms with Gasteiger partial charge in [0.05, 0.1) is 25.2 Å². The average molecular weight is 294 g/mol. The number of benzene rings is 1. The minimum Gasteiger partial charge on any atom is -0.465 e. The van der Waals surface area contributed by atoms with E-state index in [2.05, 4.69) is 10.1 Å². The van der Waals surface area contributed by atoms with Gasteiger partial charge < -0.3 is 20.5 Å². The molecule has 0 heterocycles. The fourth-order valence-electron chi connectivity index (χ4n) is 1.81. The van der Waals surface area contributed by atoms with Crippen LogP contribution in [-0.2, 0) is 20.7 Å². The lowest BCUT2D eigenvalue weighted by molar-refractivity contribution is -0.123. The molecule has 0 aromatic heterocycles. The van der Waals surface area contributed by atoms with Crippen LogP contribution in [0.5, 0.6) is 0 Å². The van der Waals surface area contributed by atoms with Crippen molar-refractivity contribution >= 4 is 11.9 Å². The molecule has 0 aliphatic carbocycles. The third kappa shape index (κ3) is 5.93. The van der Waals surface area contributed by atoms with Crippen molar-refractivity contribution in [1.82, 2.24) is 5.32 Å². The van der Waals surface area contributed by atoms with E-state index in [4.69, 9.17) is 10.5 Å². The van der Waals surface area contributed by atoms with Gasteiger partial charge in [-0.05, 0) is 24.1 Å². The van der Waals surface area contributed by atoms with Crippen LogP contribution >= 0.6 is 0 Å². The SMILES string of the molecule is COC(=O)c1ccc(CCNC(=O)CC(CN)OC)cc1. The van der Waals surface area contributed by atoms with Crippen LogP contribution in [0.4, 0.5) is 0 Å². The molecule has 6 nitrogen and oxygen atoms in total. The molecule has 6 heteroatoms. The summed E-state index contributed by atoms with van der Waals surface area (Å²) in [5.41, 5.74) is 7.00. The van der Waals surface area contributed by atoms with E-state index in [1.807, 2.05) is 12.1 Å². The van der Waals surface area contributed by atoms with Gasteiger partial charge in [0.25, 0.3) is 0 Å². The van der Waals surface area contributed by atoms with Gasteiger partial charge in [0.1, 0.15) is 0 Å². The molecule has 0 fully saturated rings. The van der Waals surface area contributed by atoms with Crippen LogP contribution in [0.1, 0.15) is 22.3 Å². The summed E-state index contributed by atoms with van der Waals surface area (Å²) >= 11 is 0. The lowest BCUT2D eigenvalue weighted by atomic mass is 10.1. The lowest BCUT2D eigenvalue weighted by Crippen LogP contribution is -2.33. The van der Waals surface area contributed by atoms with Crippen molar-refractivity contribution in [3.8, 4) is 0 Å². The number of nitrogens with one attached hydrogen (secondary N) is 1. The third-order valence-corrected chi connectivity index (χ3v) is 3.12. The number of hydrogen-bond donors (Lipinski definition) is 2. The number of methoxy groups -OCH3 is 2. The third-order valence-electron chi connectivity index (χ3n) is 3.12. The first-order chi connectivity index (χ1) is 10.1. The molecule has 1 atom stereocenters. The van der Waals surface area contributed by atoms with Crippen molar-refractivity contribution in [1.29, 1.82) is 0 Å². The molecule has 0 bridgehead atoms. The molecule has 116 valence electrons. The first-order valence-corrected chi connectivity index (χ1v) is 6.77. The fourth-order valence-corrected chi connectivity index (χ4v) is 1.81. The van der Waals surface area contributed by atoms with Gasteiger partial charge in [-0.2, -0.15) is 0 Å². The number of amides is 1. The Kier molecular flexibility index (Phi) is 7.42. The normalized spacial score (nSPS) is 11.8. The molecule has 0 spiro atoms. The largest absolute Gasteiger partial charge is 0.465 e. The van der Waals surface area contributed by atoms with E-state index in [1.54, 1.807) is 12.1 Å². The van der Waals surface area contributed by atoms with E-state index in [0.717, 1.165) is 5.56 Å². The monoisotopic (exact) mass is 294 g/mol. The minimum absolute atomic E-state index is 0.0847. The Balaban J connectivity index is 2.35. The summed E-state index contributed by atoms with van der Waals surface area (Å²) in [6.07, 6.45) is 0.700. The first kappa shape index (κ1) is 17.1. The maximum absolute atomic E-state index is 11.6. The predicted molar refractivity (Wildman–Crippen MR) is 79.0 cm³/mol. The zero-order valence-electron chi connectivity index (χ0n) is 12.4. The van der Waals surface area contributed by atoms with Gasteiger partial charge >= 0.3 is 5.97 Å². The highest BCUT2D eigenvalue weighted by atomic mass is 16.5. The van der Waals surface area contributed by atoms with Gasteiger partial charge in [-0.25, -0.2) is 4.79 Å². The van der Waals surface area contributed by atoms with Crippen molar-refractivity contribution < 1.29 is 19.1 Å². The van der Waals surface area contributed by atoms with Crippen molar-refractivity contribution in [2.24, 2.45) is 5.73 Å². The Morgan fingerprint density at radius 3 is 2.43 bits per heavy atom. The average Bonchev–Trinajstić information content (AvgIpc) is 2.52. The summed E-state index contributed by atoms with van der Waals surface area (Å²) in [5, 5.41) is 2.81. The van der Waals surface area contributed by atoms with Gasteiger partial charge in [0, 0.05) is 20.2 Å². The Hall–Kier alpha value is -1.92. The number of nitrogens with two attached hydrogens (primary N) is 1. The summed E-state index contributed by atoms with van der Waals surface area (Å²) in [4.78, 5) is 22.9. The van der Waals surface area contributed by atoms with E-state index < -0.39 is 0 Å². The second kappa shape index (κ2) is 9.10. The zero-order valence-corrected chi connectivity index (χ0v) is 12.4. The number of carbonyl (C=O) groups is 2.